The highest BCUT2D eigenvalue weighted by molar-refractivity contribution is 7.08. The standard InChI is InChI=1S/C18H25N5O2S/c1-12(2)20-18(25)23-6-4-16(21-17(24)13-5-7-26-11-13)15(10-23)14-8-19-22(3)9-14/h5,7-9,11-12,15-16H,4,6,10H2,1-3H3,(H,20,25)(H,21,24)/t15-,16-/m0/s1. The van der Waals surface area contributed by atoms with E-state index < -0.39 is 0 Å². The van der Waals surface area contributed by atoms with E-state index in [1.165, 1.54) is 11.3 Å². The summed E-state index contributed by atoms with van der Waals surface area (Å²) in [5, 5.41) is 14.1. The largest absolute Gasteiger partial charge is 0.349 e. The molecule has 3 heterocycles. The number of hydrogen-bond acceptors (Lipinski definition) is 4. The fraction of sp³-hybridized carbons (Fsp3) is 0.500. The first-order chi connectivity index (χ1) is 12.4. The molecule has 0 saturated carbocycles. The van der Waals surface area contributed by atoms with Crippen molar-refractivity contribution in [2.24, 2.45) is 7.05 Å². The van der Waals surface area contributed by atoms with Crippen molar-refractivity contribution in [1.82, 2.24) is 25.3 Å². The molecule has 0 radical (unpaired) electrons. The van der Waals surface area contributed by atoms with Gasteiger partial charge in [-0.1, -0.05) is 0 Å². The number of carbonyl (C=O) groups is 2. The molecule has 3 rings (SSSR count). The van der Waals surface area contributed by atoms with E-state index in [9.17, 15) is 9.59 Å². The first-order valence-electron chi connectivity index (χ1n) is 8.81. The Kier molecular flexibility index (Phi) is 5.61. The molecular formula is C18H25N5O2S. The number of urea groups is 1. The molecular weight excluding hydrogens is 350 g/mol. The van der Waals surface area contributed by atoms with Gasteiger partial charge in [-0.25, -0.2) is 4.79 Å². The molecule has 26 heavy (non-hydrogen) atoms. The molecule has 7 nitrogen and oxygen atoms in total. The first kappa shape index (κ1) is 18.4. The Morgan fingerprint density at radius 3 is 2.81 bits per heavy atom. The van der Waals surface area contributed by atoms with Gasteiger partial charge in [0.25, 0.3) is 5.91 Å². The van der Waals surface area contributed by atoms with Crippen LogP contribution in [0.2, 0.25) is 0 Å². The Morgan fingerprint density at radius 2 is 2.19 bits per heavy atom. The Balaban J connectivity index is 1.76. The molecule has 0 bridgehead atoms. The third-order valence-electron chi connectivity index (χ3n) is 4.57. The van der Waals surface area contributed by atoms with Gasteiger partial charge < -0.3 is 15.5 Å². The second kappa shape index (κ2) is 7.90. The Hall–Kier alpha value is -2.35. The number of rotatable bonds is 4. The van der Waals surface area contributed by atoms with Crippen molar-refractivity contribution in [2.75, 3.05) is 13.1 Å². The van der Waals surface area contributed by atoms with E-state index in [2.05, 4.69) is 15.7 Å². The topological polar surface area (TPSA) is 79.3 Å². The van der Waals surface area contributed by atoms with Gasteiger partial charge >= 0.3 is 6.03 Å². The van der Waals surface area contributed by atoms with Crippen molar-refractivity contribution < 1.29 is 9.59 Å². The van der Waals surface area contributed by atoms with Crippen LogP contribution >= 0.6 is 11.3 Å². The normalized spacial score (nSPS) is 20.2. The van der Waals surface area contributed by atoms with Crippen LogP contribution in [0.4, 0.5) is 4.79 Å². The molecule has 2 atom stereocenters. The number of carbonyl (C=O) groups excluding carboxylic acids is 2. The summed E-state index contributed by atoms with van der Waals surface area (Å²) >= 11 is 1.51. The maximum Gasteiger partial charge on any atom is 0.317 e. The zero-order valence-corrected chi connectivity index (χ0v) is 16.1. The summed E-state index contributed by atoms with van der Waals surface area (Å²) in [5.41, 5.74) is 1.71. The Morgan fingerprint density at radius 1 is 1.38 bits per heavy atom. The van der Waals surface area contributed by atoms with E-state index in [1.807, 2.05) is 55.0 Å². The summed E-state index contributed by atoms with van der Waals surface area (Å²) in [6.45, 7) is 5.07. The molecule has 2 aromatic rings. The lowest BCUT2D eigenvalue weighted by Crippen LogP contribution is -2.54. The van der Waals surface area contributed by atoms with Gasteiger partial charge in [-0.05, 0) is 37.3 Å². The Bertz CT molecular complexity index is 755. The van der Waals surface area contributed by atoms with Crippen LogP contribution in [0.1, 0.15) is 42.1 Å². The van der Waals surface area contributed by atoms with Gasteiger partial charge in [-0.3, -0.25) is 9.48 Å². The van der Waals surface area contributed by atoms with Gasteiger partial charge in [0.2, 0.25) is 0 Å². The number of aromatic nitrogens is 2. The number of nitrogens with one attached hydrogen (secondary N) is 2. The minimum Gasteiger partial charge on any atom is -0.349 e. The third-order valence-corrected chi connectivity index (χ3v) is 5.25. The lowest BCUT2D eigenvalue weighted by atomic mass is 9.87. The summed E-state index contributed by atoms with van der Waals surface area (Å²) in [6.07, 6.45) is 4.48. The smallest absolute Gasteiger partial charge is 0.317 e. The number of hydrogen-bond donors (Lipinski definition) is 2. The van der Waals surface area contributed by atoms with Crippen molar-refractivity contribution in [1.29, 1.82) is 0 Å². The summed E-state index contributed by atoms with van der Waals surface area (Å²) in [6, 6.07) is 1.83. The van der Waals surface area contributed by atoms with Crippen molar-refractivity contribution in [3.8, 4) is 0 Å². The van der Waals surface area contributed by atoms with Gasteiger partial charge in [0.1, 0.15) is 0 Å². The van der Waals surface area contributed by atoms with Crippen LogP contribution in [-0.2, 0) is 7.05 Å². The highest BCUT2D eigenvalue weighted by Crippen LogP contribution is 2.27. The third kappa shape index (κ3) is 4.24. The molecule has 0 unspecified atom stereocenters. The summed E-state index contributed by atoms with van der Waals surface area (Å²) in [7, 11) is 1.87. The second-order valence-electron chi connectivity index (χ2n) is 6.98. The number of amides is 3. The second-order valence-corrected chi connectivity index (χ2v) is 7.76. The number of thiophene rings is 1. The molecule has 140 valence electrons. The van der Waals surface area contributed by atoms with E-state index in [0.717, 1.165) is 5.56 Å². The quantitative estimate of drug-likeness (QED) is 0.860. The van der Waals surface area contributed by atoms with E-state index in [-0.39, 0.29) is 29.9 Å². The van der Waals surface area contributed by atoms with Crippen LogP contribution in [0, 0.1) is 0 Å². The van der Waals surface area contributed by atoms with Crippen LogP contribution in [0.25, 0.3) is 0 Å². The van der Waals surface area contributed by atoms with Gasteiger partial charge in [-0.15, -0.1) is 0 Å². The fourth-order valence-corrected chi connectivity index (χ4v) is 3.90. The van der Waals surface area contributed by atoms with E-state index in [0.29, 0.717) is 25.1 Å². The summed E-state index contributed by atoms with van der Waals surface area (Å²) in [4.78, 5) is 26.7. The molecule has 8 heteroatoms. The van der Waals surface area contributed by atoms with Crippen LogP contribution < -0.4 is 10.6 Å². The predicted molar refractivity (Wildman–Crippen MR) is 101 cm³/mol. The highest BCUT2D eigenvalue weighted by Gasteiger charge is 2.34. The average molecular weight is 375 g/mol. The maximum atomic E-state index is 12.5. The van der Waals surface area contributed by atoms with Crippen molar-refractivity contribution in [3.63, 3.8) is 0 Å². The molecule has 3 amide bonds. The summed E-state index contributed by atoms with van der Waals surface area (Å²) < 4.78 is 1.75. The lowest BCUT2D eigenvalue weighted by Gasteiger charge is -2.38. The van der Waals surface area contributed by atoms with Gasteiger partial charge in [0.05, 0.1) is 6.20 Å². The number of piperidine rings is 1. The average Bonchev–Trinajstić information content (AvgIpc) is 3.26. The predicted octanol–water partition coefficient (Wildman–Crippen LogP) is 2.19. The molecule has 2 aromatic heterocycles. The van der Waals surface area contributed by atoms with Crippen molar-refractivity contribution in [3.05, 3.63) is 40.3 Å². The fourth-order valence-electron chi connectivity index (χ4n) is 3.26. The molecule has 1 saturated heterocycles. The number of aryl methyl sites for hydroxylation is 1. The van der Waals surface area contributed by atoms with Crippen LogP contribution in [0.3, 0.4) is 0 Å². The highest BCUT2D eigenvalue weighted by atomic mass is 32.1. The van der Waals surface area contributed by atoms with Crippen LogP contribution in [0.15, 0.2) is 29.2 Å². The maximum absolute atomic E-state index is 12.5. The van der Waals surface area contributed by atoms with Crippen molar-refractivity contribution >= 4 is 23.3 Å². The zero-order valence-electron chi connectivity index (χ0n) is 15.3. The molecule has 2 N–H and O–H groups in total. The Labute approximate surface area is 157 Å². The van der Waals surface area contributed by atoms with E-state index >= 15 is 0 Å². The zero-order chi connectivity index (χ0) is 18.7. The minimum absolute atomic E-state index is 0.0120. The minimum atomic E-state index is -0.0646. The van der Waals surface area contributed by atoms with Crippen LogP contribution in [0.5, 0.6) is 0 Å². The monoisotopic (exact) mass is 375 g/mol. The number of nitrogens with zero attached hydrogens (tertiary/aromatic N) is 3. The SMILES string of the molecule is CC(C)NC(=O)N1CC[C@H](NC(=O)c2ccsc2)[C@H](c2cnn(C)c2)C1. The van der Waals surface area contributed by atoms with Gasteiger partial charge in [0, 0.05) is 55.3 Å². The molecule has 1 aliphatic rings. The first-order valence-corrected chi connectivity index (χ1v) is 9.75. The molecule has 0 spiro atoms. The van der Waals surface area contributed by atoms with Gasteiger partial charge in [-0.2, -0.15) is 16.4 Å². The molecule has 1 fully saturated rings. The molecule has 0 aliphatic carbocycles. The van der Waals surface area contributed by atoms with Crippen LogP contribution in [-0.4, -0.2) is 51.8 Å². The van der Waals surface area contributed by atoms with E-state index in [1.54, 1.807) is 4.68 Å². The molecule has 0 aromatic carbocycles. The van der Waals surface area contributed by atoms with Crippen molar-refractivity contribution in [2.45, 2.75) is 38.3 Å². The number of likely N-dealkylation sites (tertiary alicyclic amines) is 1. The lowest BCUT2D eigenvalue weighted by molar-refractivity contribution is 0.0906. The summed E-state index contributed by atoms with van der Waals surface area (Å²) in [5.74, 6) is -0.0526. The van der Waals surface area contributed by atoms with Gasteiger partial charge in [0.15, 0.2) is 0 Å². The molecule has 1 aliphatic heterocycles. The van der Waals surface area contributed by atoms with E-state index in [4.69, 9.17) is 0 Å².